The van der Waals surface area contributed by atoms with Gasteiger partial charge in [-0.1, -0.05) is 6.07 Å². The maximum Gasteiger partial charge on any atom is 0.128 e. The summed E-state index contributed by atoms with van der Waals surface area (Å²) in [6.45, 7) is 7.05. The first-order valence-corrected chi connectivity index (χ1v) is 7.54. The summed E-state index contributed by atoms with van der Waals surface area (Å²) in [6, 6.07) is 6.99. The third-order valence-corrected chi connectivity index (χ3v) is 4.33. The van der Waals surface area contributed by atoms with Crippen LogP contribution in [0, 0.1) is 0 Å². The van der Waals surface area contributed by atoms with Crippen molar-refractivity contribution in [2.75, 3.05) is 44.2 Å². The van der Waals surface area contributed by atoms with Crippen molar-refractivity contribution >= 4 is 5.82 Å². The van der Waals surface area contributed by atoms with Crippen LogP contribution in [0.5, 0.6) is 0 Å². The Hall–Kier alpha value is -1.13. The Labute approximate surface area is 115 Å². The van der Waals surface area contributed by atoms with Crippen LogP contribution in [0.25, 0.3) is 0 Å². The summed E-state index contributed by atoms with van der Waals surface area (Å²) in [5.74, 6) is 1.13. The van der Waals surface area contributed by atoms with Crippen LogP contribution in [-0.4, -0.2) is 55.2 Å². The molecular weight excluding hydrogens is 236 g/mol. The van der Waals surface area contributed by atoms with Gasteiger partial charge in [0.05, 0.1) is 0 Å². The molecule has 104 valence electrons. The van der Waals surface area contributed by atoms with Crippen molar-refractivity contribution in [3.8, 4) is 0 Å². The minimum atomic E-state index is 0.796. The van der Waals surface area contributed by atoms with E-state index in [9.17, 15) is 0 Å². The summed E-state index contributed by atoms with van der Waals surface area (Å²) < 4.78 is 0. The Kier molecular flexibility index (Phi) is 4.30. The molecule has 1 aromatic rings. The minimum Gasteiger partial charge on any atom is -0.355 e. The molecule has 3 rings (SSSR count). The molecule has 3 heterocycles. The fourth-order valence-corrected chi connectivity index (χ4v) is 3.24. The number of hydrogen-bond donors (Lipinski definition) is 1. The number of nitrogens with one attached hydrogen (secondary N) is 1. The zero-order valence-electron chi connectivity index (χ0n) is 11.6. The summed E-state index contributed by atoms with van der Waals surface area (Å²) in [4.78, 5) is 9.61. The fourth-order valence-electron chi connectivity index (χ4n) is 3.24. The van der Waals surface area contributed by atoms with Crippen LogP contribution in [0.15, 0.2) is 24.4 Å². The van der Waals surface area contributed by atoms with Crippen molar-refractivity contribution in [1.29, 1.82) is 0 Å². The topological polar surface area (TPSA) is 31.4 Å². The fraction of sp³-hybridized carbons (Fsp3) is 0.667. The Bertz CT molecular complexity index is 375. The highest BCUT2D eigenvalue weighted by molar-refractivity contribution is 5.37. The van der Waals surface area contributed by atoms with Gasteiger partial charge in [-0.3, -0.25) is 4.90 Å². The minimum absolute atomic E-state index is 0.796. The highest BCUT2D eigenvalue weighted by Crippen LogP contribution is 2.17. The average molecular weight is 260 g/mol. The lowest BCUT2D eigenvalue weighted by atomic mass is 10.0. The molecule has 2 fully saturated rings. The summed E-state index contributed by atoms with van der Waals surface area (Å²) in [5.41, 5.74) is 0. The maximum absolute atomic E-state index is 4.48. The molecule has 0 saturated carbocycles. The molecule has 4 nitrogen and oxygen atoms in total. The second kappa shape index (κ2) is 6.35. The van der Waals surface area contributed by atoms with E-state index in [-0.39, 0.29) is 0 Å². The molecule has 4 heteroatoms. The molecule has 1 N–H and O–H groups in total. The number of piperidine rings is 1. The second-order valence-electron chi connectivity index (χ2n) is 5.55. The van der Waals surface area contributed by atoms with Gasteiger partial charge in [0.1, 0.15) is 5.82 Å². The Morgan fingerprint density at radius 1 is 1.05 bits per heavy atom. The van der Waals surface area contributed by atoms with Crippen LogP contribution in [0.2, 0.25) is 0 Å². The molecule has 19 heavy (non-hydrogen) atoms. The van der Waals surface area contributed by atoms with Gasteiger partial charge in [0.2, 0.25) is 0 Å². The van der Waals surface area contributed by atoms with Gasteiger partial charge >= 0.3 is 0 Å². The van der Waals surface area contributed by atoms with Gasteiger partial charge < -0.3 is 10.2 Å². The third-order valence-electron chi connectivity index (χ3n) is 4.33. The van der Waals surface area contributed by atoms with Crippen molar-refractivity contribution in [2.45, 2.75) is 25.3 Å². The van der Waals surface area contributed by atoms with Gasteiger partial charge in [-0.2, -0.15) is 0 Å². The lowest BCUT2D eigenvalue weighted by molar-refractivity contribution is 0.173. The van der Waals surface area contributed by atoms with E-state index in [1.165, 1.54) is 45.4 Å². The van der Waals surface area contributed by atoms with Crippen molar-refractivity contribution in [3.63, 3.8) is 0 Å². The molecular formula is C15H24N4. The van der Waals surface area contributed by atoms with E-state index in [0.29, 0.717) is 0 Å². The molecule has 2 aliphatic heterocycles. The maximum atomic E-state index is 4.48. The average Bonchev–Trinajstić information content (AvgIpc) is 2.75. The van der Waals surface area contributed by atoms with E-state index in [1.54, 1.807) is 0 Å². The molecule has 1 aromatic heterocycles. The summed E-state index contributed by atoms with van der Waals surface area (Å²) in [5, 5.41) is 3.46. The van der Waals surface area contributed by atoms with Crippen molar-refractivity contribution < 1.29 is 0 Å². The van der Waals surface area contributed by atoms with Crippen molar-refractivity contribution in [1.82, 2.24) is 15.2 Å². The van der Waals surface area contributed by atoms with E-state index in [4.69, 9.17) is 0 Å². The van der Waals surface area contributed by atoms with Gasteiger partial charge in [-0.05, 0) is 44.5 Å². The predicted molar refractivity (Wildman–Crippen MR) is 78.5 cm³/mol. The number of aromatic nitrogens is 1. The second-order valence-corrected chi connectivity index (χ2v) is 5.55. The lowest BCUT2D eigenvalue weighted by Gasteiger charge is -2.33. The Balaban J connectivity index is 1.59. The third kappa shape index (κ3) is 3.25. The normalized spacial score (nSPS) is 23.3. The predicted octanol–water partition coefficient (Wildman–Crippen LogP) is 1.35. The van der Waals surface area contributed by atoms with Gasteiger partial charge in [-0.15, -0.1) is 0 Å². The number of nitrogens with zero attached hydrogens (tertiary/aromatic N) is 3. The molecule has 0 radical (unpaired) electrons. The van der Waals surface area contributed by atoms with Crippen molar-refractivity contribution in [2.24, 2.45) is 0 Å². The highest BCUT2D eigenvalue weighted by atomic mass is 15.3. The molecule has 0 atom stereocenters. The first kappa shape index (κ1) is 12.9. The van der Waals surface area contributed by atoms with E-state index < -0.39 is 0 Å². The molecule has 2 aliphatic rings. The monoisotopic (exact) mass is 260 g/mol. The highest BCUT2D eigenvalue weighted by Gasteiger charge is 2.23. The van der Waals surface area contributed by atoms with Crippen LogP contribution in [0.3, 0.4) is 0 Å². The van der Waals surface area contributed by atoms with Gasteiger partial charge in [0, 0.05) is 38.4 Å². The lowest BCUT2D eigenvalue weighted by Crippen LogP contribution is -2.44. The van der Waals surface area contributed by atoms with E-state index in [1.807, 2.05) is 12.3 Å². The molecule has 0 unspecified atom stereocenters. The first-order valence-electron chi connectivity index (χ1n) is 7.54. The van der Waals surface area contributed by atoms with Crippen LogP contribution < -0.4 is 10.2 Å². The molecule has 2 saturated heterocycles. The van der Waals surface area contributed by atoms with Crippen LogP contribution >= 0.6 is 0 Å². The van der Waals surface area contributed by atoms with E-state index in [0.717, 1.165) is 24.9 Å². The van der Waals surface area contributed by atoms with Crippen LogP contribution in [0.1, 0.15) is 19.3 Å². The zero-order valence-corrected chi connectivity index (χ0v) is 11.6. The molecule has 0 aliphatic carbocycles. The van der Waals surface area contributed by atoms with E-state index >= 15 is 0 Å². The number of pyridine rings is 1. The van der Waals surface area contributed by atoms with Crippen LogP contribution in [-0.2, 0) is 0 Å². The largest absolute Gasteiger partial charge is 0.355 e. The molecule has 0 amide bonds. The SMILES string of the molecule is c1ccc(N2CCCN(C3CCNCC3)CC2)nc1. The van der Waals surface area contributed by atoms with Crippen LogP contribution in [0.4, 0.5) is 5.82 Å². The van der Waals surface area contributed by atoms with Crippen molar-refractivity contribution in [3.05, 3.63) is 24.4 Å². The van der Waals surface area contributed by atoms with E-state index in [2.05, 4.69) is 32.2 Å². The summed E-state index contributed by atoms with van der Waals surface area (Å²) >= 11 is 0. The summed E-state index contributed by atoms with van der Waals surface area (Å²) in [6.07, 6.45) is 5.76. The molecule has 0 aromatic carbocycles. The number of hydrogen-bond acceptors (Lipinski definition) is 4. The standard InChI is InChI=1S/C15H24N4/c1-2-7-17-15(4-1)19-11-3-10-18(12-13-19)14-5-8-16-9-6-14/h1-2,4,7,14,16H,3,5-6,8-13H2. The molecule has 0 bridgehead atoms. The van der Waals surface area contributed by atoms with Gasteiger partial charge in [-0.25, -0.2) is 4.98 Å². The van der Waals surface area contributed by atoms with Gasteiger partial charge in [0.15, 0.2) is 0 Å². The van der Waals surface area contributed by atoms with Gasteiger partial charge in [0.25, 0.3) is 0 Å². The number of rotatable bonds is 2. The Morgan fingerprint density at radius 2 is 1.95 bits per heavy atom. The number of anilines is 1. The first-order chi connectivity index (χ1) is 9.43. The quantitative estimate of drug-likeness (QED) is 0.870. The Morgan fingerprint density at radius 3 is 2.74 bits per heavy atom. The summed E-state index contributed by atoms with van der Waals surface area (Å²) in [7, 11) is 0. The molecule has 0 spiro atoms. The zero-order chi connectivity index (χ0) is 12.9. The smallest absolute Gasteiger partial charge is 0.128 e.